The molecule has 0 fully saturated rings. The van der Waals surface area contributed by atoms with Crippen molar-refractivity contribution >= 4 is 11.0 Å². The summed E-state index contributed by atoms with van der Waals surface area (Å²) in [5, 5.41) is 10.2. The summed E-state index contributed by atoms with van der Waals surface area (Å²) in [7, 11) is 0. The predicted octanol–water partition coefficient (Wildman–Crippen LogP) is 3.81. The molecule has 0 aliphatic carbocycles. The van der Waals surface area contributed by atoms with Crippen molar-refractivity contribution in [2.24, 2.45) is 5.73 Å². The first-order valence-corrected chi connectivity index (χ1v) is 9.61. The van der Waals surface area contributed by atoms with E-state index < -0.39 is 5.92 Å². The first-order valence-electron chi connectivity index (χ1n) is 9.61. The molecule has 0 saturated heterocycles. The fourth-order valence-electron chi connectivity index (χ4n) is 3.62. The van der Waals surface area contributed by atoms with Crippen LogP contribution in [0.3, 0.4) is 0 Å². The Morgan fingerprint density at radius 2 is 1.90 bits per heavy atom. The summed E-state index contributed by atoms with van der Waals surface area (Å²) in [6, 6.07) is 14.2. The minimum atomic E-state index is -0.795. The molecule has 4 rings (SSSR count). The molecule has 7 nitrogen and oxygen atoms in total. The van der Waals surface area contributed by atoms with E-state index >= 15 is 0 Å². The van der Waals surface area contributed by atoms with E-state index in [0.29, 0.717) is 41.2 Å². The quantitative estimate of drug-likeness (QED) is 0.689. The smallest absolute Gasteiger partial charge is 0.300 e. The van der Waals surface area contributed by atoms with Gasteiger partial charge in [0.2, 0.25) is 11.3 Å². The van der Waals surface area contributed by atoms with Crippen LogP contribution >= 0.6 is 0 Å². The van der Waals surface area contributed by atoms with Gasteiger partial charge in [-0.2, -0.15) is 5.26 Å². The molecule has 2 aromatic carbocycles. The molecule has 7 heteroatoms. The SMILES string of the molecule is CCOc1ccc([C@@H]2C(C#N)=C(N)Oc3oc4ccccc4c(=O)c32)c(OCC)c1. The third kappa shape index (κ3) is 3.12. The number of hydrogen-bond acceptors (Lipinski definition) is 7. The molecule has 0 saturated carbocycles. The number of allylic oxidation sites excluding steroid dienone is 1. The van der Waals surface area contributed by atoms with E-state index in [1.54, 1.807) is 42.5 Å². The Hall–Kier alpha value is -3.92. The molecular formula is C23H20N2O5. The average Bonchev–Trinajstić information content (AvgIpc) is 2.74. The van der Waals surface area contributed by atoms with Gasteiger partial charge in [-0.1, -0.05) is 18.2 Å². The lowest BCUT2D eigenvalue weighted by atomic mass is 9.83. The second-order valence-electron chi connectivity index (χ2n) is 6.62. The first kappa shape index (κ1) is 19.4. The van der Waals surface area contributed by atoms with E-state index in [4.69, 9.17) is 24.4 Å². The molecule has 0 radical (unpaired) electrons. The van der Waals surface area contributed by atoms with Crippen molar-refractivity contribution in [2.75, 3.05) is 13.2 Å². The third-order valence-corrected chi connectivity index (χ3v) is 4.87. The molecule has 0 bridgehead atoms. The van der Waals surface area contributed by atoms with Crippen LogP contribution in [-0.2, 0) is 0 Å². The highest BCUT2D eigenvalue weighted by atomic mass is 16.6. The third-order valence-electron chi connectivity index (χ3n) is 4.87. The number of nitriles is 1. The Bertz CT molecular complexity index is 1250. The van der Waals surface area contributed by atoms with E-state index in [9.17, 15) is 10.1 Å². The summed E-state index contributed by atoms with van der Waals surface area (Å²) in [5.74, 6) is 0.200. The van der Waals surface area contributed by atoms with Gasteiger partial charge in [-0.05, 0) is 32.0 Å². The number of fused-ring (bicyclic) bond motifs is 2. The van der Waals surface area contributed by atoms with E-state index in [1.165, 1.54) is 0 Å². The largest absolute Gasteiger partial charge is 0.494 e. The molecular weight excluding hydrogens is 384 g/mol. The van der Waals surface area contributed by atoms with E-state index in [1.807, 2.05) is 13.8 Å². The van der Waals surface area contributed by atoms with Gasteiger partial charge in [0.1, 0.15) is 28.7 Å². The Morgan fingerprint density at radius 1 is 1.13 bits per heavy atom. The lowest BCUT2D eigenvalue weighted by molar-refractivity contribution is 0.293. The number of benzene rings is 2. The number of nitrogens with two attached hydrogens (primary N) is 1. The first-order chi connectivity index (χ1) is 14.6. The van der Waals surface area contributed by atoms with Crippen molar-refractivity contribution in [1.82, 2.24) is 0 Å². The molecule has 2 N–H and O–H groups in total. The average molecular weight is 404 g/mol. The van der Waals surface area contributed by atoms with Crippen LogP contribution in [0.2, 0.25) is 0 Å². The standard InChI is InChI=1S/C23H20N2O5/c1-3-27-13-9-10-14(18(11-13)28-4-2)19-16(12-24)22(25)30-23-20(19)21(26)15-7-5-6-8-17(15)29-23/h5-11,19H,3-4,25H2,1-2H3/t19-/m1/s1. The van der Waals surface area contributed by atoms with Crippen LogP contribution in [0.15, 0.2) is 63.1 Å². The molecule has 30 heavy (non-hydrogen) atoms. The second kappa shape index (κ2) is 7.84. The summed E-state index contributed by atoms with van der Waals surface area (Å²) in [4.78, 5) is 13.4. The maximum atomic E-state index is 13.4. The van der Waals surface area contributed by atoms with E-state index in [0.717, 1.165) is 0 Å². The van der Waals surface area contributed by atoms with Crippen molar-refractivity contribution in [1.29, 1.82) is 5.26 Å². The van der Waals surface area contributed by atoms with Gasteiger partial charge in [-0.15, -0.1) is 0 Å². The zero-order valence-corrected chi connectivity index (χ0v) is 16.6. The molecule has 1 aliphatic heterocycles. The summed E-state index contributed by atoms with van der Waals surface area (Å²) < 4.78 is 22.8. The van der Waals surface area contributed by atoms with Gasteiger partial charge in [0.05, 0.1) is 30.1 Å². The number of ether oxygens (including phenoxy) is 3. The van der Waals surface area contributed by atoms with Crippen molar-refractivity contribution < 1.29 is 18.6 Å². The van der Waals surface area contributed by atoms with E-state index in [-0.39, 0.29) is 28.4 Å². The van der Waals surface area contributed by atoms with Crippen LogP contribution < -0.4 is 25.4 Å². The molecule has 152 valence electrons. The number of rotatable bonds is 5. The number of hydrogen-bond donors (Lipinski definition) is 1. The Kier molecular flexibility index (Phi) is 5.07. The molecule has 1 atom stereocenters. The van der Waals surface area contributed by atoms with Gasteiger partial charge in [0.25, 0.3) is 5.95 Å². The fourth-order valence-corrected chi connectivity index (χ4v) is 3.62. The fraction of sp³-hybridized carbons (Fsp3) is 0.217. The van der Waals surface area contributed by atoms with Crippen LogP contribution in [0.4, 0.5) is 0 Å². The van der Waals surface area contributed by atoms with Crippen molar-refractivity contribution in [3.8, 4) is 23.5 Å². The van der Waals surface area contributed by atoms with Crippen molar-refractivity contribution in [3.63, 3.8) is 0 Å². The Morgan fingerprint density at radius 3 is 2.63 bits per heavy atom. The minimum Gasteiger partial charge on any atom is -0.494 e. The van der Waals surface area contributed by atoms with Crippen LogP contribution in [0.5, 0.6) is 17.4 Å². The van der Waals surface area contributed by atoms with Gasteiger partial charge in [-0.3, -0.25) is 4.79 Å². The van der Waals surface area contributed by atoms with Crippen molar-refractivity contribution in [3.05, 3.63) is 75.3 Å². The van der Waals surface area contributed by atoms with E-state index in [2.05, 4.69) is 6.07 Å². The summed E-state index contributed by atoms with van der Waals surface area (Å²) in [6.07, 6.45) is 0. The van der Waals surface area contributed by atoms with Crippen LogP contribution in [0.1, 0.15) is 30.9 Å². The zero-order valence-electron chi connectivity index (χ0n) is 16.6. The molecule has 1 aliphatic rings. The van der Waals surface area contributed by atoms with Gasteiger partial charge in [0.15, 0.2) is 0 Å². The molecule has 0 amide bonds. The highest BCUT2D eigenvalue weighted by Crippen LogP contribution is 2.45. The Labute approximate surface area is 172 Å². The van der Waals surface area contributed by atoms with Gasteiger partial charge in [0, 0.05) is 11.6 Å². The molecule has 0 unspecified atom stereocenters. The highest BCUT2D eigenvalue weighted by Gasteiger charge is 2.37. The normalized spacial score (nSPS) is 15.3. The Balaban J connectivity index is 2.01. The topological polar surface area (TPSA) is 108 Å². The van der Waals surface area contributed by atoms with Gasteiger partial charge in [-0.25, -0.2) is 0 Å². The van der Waals surface area contributed by atoms with Crippen LogP contribution in [0, 0.1) is 11.3 Å². The van der Waals surface area contributed by atoms with Crippen LogP contribution in [0.25, 0.3) is 11.0 Å². The second-order valence-corrected chi connectivity index (χ2v) is 6.62. The monoisotopic (exact) mass is 404 g/mol. The molecule has 2 heterocycles. The molecule has 3 aromatic rings. The van der Waals surface area contributed by atoms with Gasteiger partial charge >= 0.3 is 0 Å². The summed E-state index contributed by atoms with van der Waals surface area (Å²) in [5.41, 5.74) is 7.07. The molecule has 0 spiro atoms. The van der Waals surface area contributed by atoms with Gasteiger partial charge < -0.3 is 24.4 Å². The summed E-state index contributed by atoms with van der Waals surface area (Å²) in [6.45, 7) is 4.63. The number of para-hydroxylation sites is 1. The molecule has 1 aromatic heterocycles. The zero-order chi connectivity index (χ0) is 21.3. The minimum absolute atomic E-state index is 0.0171. The maximum Gasteiger partial charge on any atom is 0.300 e. The lowest BCUT2D eigenvalue weighted by Gasteiger charge is -2.26. The van der Waals surface area contributed by atoms with Crippen LogP contribution in [-0.4, -0.2) is 13.2 Å². The number of nitrogens with zero attached hydrogens (tertiary/aromatic N) is 1. The lowest BCUT2D eigenvalue weighted by Crippen LogP contribution is -2.26. The highest BCUT2D eigenvalue weighted by molar-refractivity contribution is 5.78. The summed E-state index contributed by atoms with van der Waals surface area (Å²) >= 11 is 0. The predicted molar refractivity (Wildman–Crippen MR) is 111 cm³/mol. The maximum absolute atomic E-state index is 13.4. The van der Waals surface area contributed by atoms with Crippen molar-refractivity contribution in [2.45, 2.75) is 19.8 Å².